The van der Waals surface area contributed by atoms with Gasteiger partial charge in [-0.25, -0.2) is 9.18 Å². The Labute approximate surface area is 105 Å². The maximum absolute atomic E-state index is 13.7. The molecule has 1 unspecified atom stereocenters. The van der Waals surface area contributed by atoms with Gasteiger partial charge in [0.2, 0.25) is 0 Å². The lowest BCUT2D eigenvalue weighted by Crippen LogP contribution is -2.33. The maximum atomic E-state index is 13.7. The first-order valence-corrected chi connectivity index (χ1v) is 5.54. The summed E-state index contributed by atoms with van der Waals surface area (Å²) in [7, 11) is 0. The molecule has 1 rings (SSSR count). The van der Waals surface area contributed by atoms with Crippen molar-refractivity contribution in [3.05, 3.63) is 48.3 Å². The molecule has 0 aromatic heterocycles. The fourth-order valence-electron chi connectivity index (χ4n) is 1.80. The maximum Gasteiger partial charge on any atom is 0.404 e. The summed E-state index contributed by atoms with van der Waals surface area (Å²) in [6, 6.07) is 5.90. The number of hydrogen-bond donors (Lipinski definition) is 3. The highest BCUT2D eigenvalue weighted by Crippen LogP contribution is 2.30. The Balaban J connectivity index is 2.89. The third-order valence-electron chi connectivity index (χ3n) is 2.67. The summed E-state index contributed by atoms with van der Waals surface area (Å²) in [4.78, 5) is 10.4. The van der Waals surface area contributed by atoms with Crippen LogP contribution in [0.4, 0.5) is 9.18 Å². The molecule has 3 N–H and O–H groups in total. The van der Waals surface area contributed by atoms with Gasteiger partial charge < -0.3 is 15.5 Å². The largest absolute Gasteiger partial charge is 0.465 e. The average Bonchev–Trinajstić information content (AvgIpc) is 2.29. The lowest BCUT2D eigenvalue weighted by atomic mass is 9.87. The van der Waals surface area contributed by atoms with Crippen molar-refractivity contribution in [3.63, 3.8) is 0 Å². The van der Waals surface area contributed by atoms with Gasteiger partial charge >= 0.3 is 6.09 Å². The topological polar surface area (TPSA) is 69.6 Å². The minimum atomic E-state index is -1.45. The van der Waals surface area contributed by atoms with E-state index in [-0.39, 0.29) is 24.9 Å². The molecule has 0 aliphatic carbocycles. The van der Waals surface area contributed by atoms with Gasteiger partial charge in [-0.2, -0.15) is 0 Å². The zero-order chi connectivity index (χ0) is 13.6. The third-order valence-corrected chi connectivity index (χ3v) is 2.67. The zero-order valence-corrected chi connectivity index (χ0v) is 9.90. The Bertz CT molecular complexity index is 436. The van der Waals surface area contributed by atoms with Crippen molar-refractivity contribution in [1.29, 1.82) is 0 Å². The lowest BCUT2D eigenvalue weighted by molar-refractivity contribution is 0.0276. The molecule has 0 fully saturated rings. The van der Waals surface area contributed by atoms with Crippen LogP contribution in [0.5, 0.6) is 0 Å². The normalized spacial score (nSPS) is 13.7. The van der Waals surface area contributed by atoms with Crippen molar-refractivity contribution in [1.82, 2.24) is 5.32 Å². The molecule has 0 saturated carbocycles. The minimum Gasteiger partial charge on any atom is -0.465 e. The number of rotatable bonds is 6. The van der Waals surface area contributed by atoms with E-state index in [1.807, 2.05) is 0 Å². The van der Waals surface area contributed by atoms with Gasteiger partial charge in [0, 0.05) is 12.1 Å². The number of carboxylic acid groups (broad SMARTS) is 1. The summed E-state index contributed by atoms with van der Waals surface area (Å²) in [5, 5.41) is 21.1. The molecule has 0 heterocycles. The number of hydrogen-bond acceptors (Lipinski definition) is 2. The van der Waals surface area contributed by atoms with Crippen LogP contribution in [0, 0.1) is 5.82 Å². The molecule has 4 nitrogen and oxygen atoms in total. The SMILES string of the molecule is C=CCC(O)(CCNC(=O)O)c1ccccc1F. The second kappa shape index (κ2) is 6.16. The van der Waals surface area contributed by atoms with Crippen LogP contribution in [0.15, 0.2) is 36.9 Å². The molecule has 98 valence electrons. The molecule has 1 amide bonds. The van der Waals surface area contributed by atoms with Gasteiger partial charge in [0.05, 0.1) is 5.60 Å². The van der Waals surface area contributed by atoms with E-state index in [1.54, 1.807) is 6.07 Å². The Morgan fingerprint density at radius 2 is 2.17 bits per heavy atom. The standard InChI is InChI=1S/C13H16FNO3/c1-2-7-13(18,8-9-15-12(16)17)10-5-3-4-6-11(10)14/h2-6,15,18H,1,7-9H2,(H,16,17). The molecular formula is C13H16FNO3. The number of aliphatic hydroxyl groups is 1. The molecule has 1 aromatic rings. The molecule has 0 spiro atoms. The summed E-state index contributed by atoms with van der Waals surface area (Å²) in [5.74, 6) is -0.517. The van der Waals surface area contributed by atoms with E-state index in [4.69, 9.17) is 5.11 Å². The first kappa shape index (κ1) is 14.2. The van der Waals surface area contributed by atoms with Gasteiger partial charge in [0.15, 0.2) is 0 Å². The second-order valence-electron chi connectivity index (χ2n) is 3.99. The van der Waals surface area contributed by atoms with Crippen LogP contribution in [0.3, 0.4) is 0 Å². The molecule has 5 heteroatoms. The molecule has 0 aliphatic rings. The first-order valence-electron chi connectivity index (χ1n) is 5.54. The van der Waals surface area contributed by atoms with E-state index in [2.05, 4.69) is 11.9 Å². The summed E-state index contributed by atoms with van der Waals surface area (Å²) in [6.07, 6.45) is 0.527. The van der Waals surface area contributed by atoms with Crippen molar-refractivity contribution in [2.45, 2.75) is 18.4 Å². The van der Waals surface area contributed by atoms with E-state index in [1.165, 1.54) is 24.3 Å². The zero-order valence-electron chi connectivity index (χ0n) is 9.90. The monoisotopic (exact) mass is 253 g/mol. The van der Waals surface area contributed by atoms with Crippen molar-refractivity contribution in [3.8, 4) is 0 Å². The van der Waals surface area contributed by atoms with Gasteiger partial charge in [-0.1, -0.05) is 24.3 Å². The highest BCUT2D eigenvalue weighted by Gasteiger charge is 2.30. The Kier molecular flexibility index (Phi) is 4.85. The van der Waals surface area contributed by atoms with Gasteiger partial charge in [0.25, 0.3) is 0 Å². The van der Waals surface area contributed by atoms with Crippen molar-refractivity contribution in [2.75, 3.05) is 6.54 Å². The van der Waals surface area contributed by atoms with Gasteiger partial charge in [0.1, 0.15) is 5.82 Å². The fourth-order valence-corrected chi connectivity index (χ4v) is 1.80. The molecule has 1 atom stereocenters. The molecular weight excluding hydrogens is 237 g/mol. The molecule has 0 radical (unpaired) electrons. The van der Waals surface area contributed by atoms with Crippen molar-refractivity contribution >= 4 is 6.09 Å². The minimum absolute atomic E-state index is 0.0357. The lowest BCUT2D eigenvalue weighted by Gasteiger charge is -2.27. The number of amides is 1. The molecule has 1 aromatic carbocycles. The van der Waals surface area contributed by atoms with Crippen LogP contribution < -0.4 is 5.32 Å². The van der Waals surface area contributed by atoms with E-state index in [9.17, 15) is 14.3 Å². The third kappa shape index (κ3) is 3.56. The van der Waals surface area contributed by atoms with Crippen LogP contribution in [-0.4, -0.2) is 22.9 Å². The quantitative estimate of drug-likeness (QED) is 0.681. The number of halogens is 1. The van der Waals surface area contributed by atoms with Crippen LogP contribution in [0.25, 0.3) is 0 Å². The van der Waals surface area contributed by atoms with E-state index in [0.717, 1.165) is 0 Å². The van der Waals surface area contributed by atoms with Gasteiger partial charge in [-0.05, 0) is 18.9 Å². The number of benzene rings is 1. The smallest absolute Gasteiger partial charge is 0.404 e. The Morgan fingerprint density at radius 3 is 2.72 bits per heavy atom. The van der Waals surface area contributed by atoms with E-state index in [0.29, 0.717) is 0 Å². The Hall–Kier alpha value is -1.88. The van der Waals surface area contributed by atoms with Crippen LogP contribution in [0.1, 0.15) is 18.4 Å². The van der Waals surface area contributed by atoms with Crippen molar-refractivity contribution in [2.24, 2.45) is 0 Å². The summed E-state index contributed by atoms with van der Waals surface area (Å²) in [6.45, 7) is 3.56. The molecule has 18 heavy (non-hydrogen) atoms. The summed E-state index contributed by atoms with van der Waals surface area (Å²) in [5.41, 5.74) is -1.30. The van der Waals surface area contributed by atoms with Crippen LogP contribution in [-0.2, 0) is 5.60 Å². The average molecular weight is 253 g/mol. The summed E-state index contributed by atoms with van der Waals surface area (Å²) >= 11 is 0. The fraction of sp³-hybridized carbons (Fsp3) is 0.308. The predicted molar refractivity (Wildman–Crippen MR) is 65.8 cm³/mol. The second-order valence-corrected chi connectivity index (χ2v) is 3.99. The van der Waals surface area contributed by atoms with E-state index >= 15 is 0 Å². The van der Waals surface area contributed by atoms with Gasteiger partial charge in [-0.15, -0.1) is 6.58 Å². The van der Waals surface area contributed by atoms with Crippen LogP contribution >= 0.6 is 0 Å². The van der Waals surface area contributed by atoms with Crippen LogP contribution in [0.2, 0.25) is 0 Å². The number of carbonyl (C=O) groups is 1. The highest BCUT2D eigenvalue weighted by molar-refractivity contribution is 5.64. The van der Waals surface area contributed by atoms with Gasteiger partial charge in [-0.3, -0.25) is 0 Å². The first-order chi connectivity index (χ1) is 8.49. The van der Waals surface area contributed by atoms with Crippen molar-refractivity contribution < 1.29 is 19.4 Å². The molecule has 0 saturated heterocycles. The predicted octanol–water partition coefficient (Wildman–Crippen LogP) is 2.25. The number of nitrogens with one attached hydrogen (secondary N) is 1. The highest BCUT2D eigenvalue weighted by atomic mass is 19.1. The van der Waals surface area contributed by atoms with E-state index < -0.39 is 17.5 Å². The summed E-state index contributed by atoms with van der Waals surface area (Å²) < 4.78 is 13.7. The molecule has 0 bridgehead atoms. The Morgan fingerprint density at radius 1 is 1.50 bits per heavy atom. The molecule has 0 aliphatic heterocycles.